The van der Waals surface area contributed by atoms with Crippen LogP contribution in [0.4, 0.5) is 0 Å². The first-order valence-electron chi connectivity index (χ1n) is 7.12. The molecule has 22 heavy (non-hydrogen) atoms. The van der Waals surface area contributed by atoms with E-state index in [0.717, 1.165) is 11.3 Å². The summed E-state index contributed by atoms with van der Waals surface area (Å²) in [7, 11) is 0. The van der Waals surface area contributed by atoms with Crippen molar-refractivity contribution in [2.24, 2.45) is 0 Å². The molecule has 1 aromatic carbocycles. The summed E-state index contributed by atoms with van der Waals surface area (Å²) >= 11 is 0. The second-order valence-electron chi connectivity index (χ2n) is 5.98. The summed E-state index contributed by atoms with van der Waals surface area (Å²) in [5, 5.41) is 0. The van der Waals surface area contributed by atoms with E-state index in [1.54, 1.807) is 45.2 Å². The normalized spacial score (nSPS) is 11.0. The maximum absolute atomic E-state index is 12.2. The highest BCUT2D eigenvalue weighted by Crippen LogP contribution is 2.19. The lowest BCUT2D eigenvalue weighted by Crippen LogP contribution is -2.25. The van der Waals surface area contributed by atoms with Crippen molar-refractivity contribution in [3.8, 4) is 11.3 Å². The van der Waals surface area contributed by atoms with E-state index in [9.17, 15) is 9.59 Å². The topological polar surface area (TPSA) is 56.3 Å². The van der Waals surface area contributed by atoms with Crippen LogP contribution in [0.1, 0.15) is 37.6 Å². The lowest BCUT2D eigenvalue weighted by Gasteiger charge is -2.19. The molecule has 0 bridgehead atoms. The SMILES string of the molecule is CC(C)(C)OC(=O)CC(=O)c1cccc(-c2ccccn2)c1. The Bertz CT molecular complexity index is 672. The van der Waals surface area contributed by atoms with Crippen LogP contribution in [0.5, 0.6) is 0 Å². The Kier molecular flexibility index (Phi) is 4.71. The molecule has 0 spiro atoms. The van der Waals surface area contributed by atoms with Crippen LogP contribution in [0.25, 0.3) is 11.3 Å². The fraction of sp³-hybridized carbons (Fsp3) is 0.278. The highest BCUT2D eigenvalue weighted by atomic mass is 16.6. The van der Waals surface area contributed by atoms with Gasteiger partial charge in [-0.25, -0.2) is 0 Å². The van der Waals surface area contributed by atoms with Crippen molar-refractivity contribution < 1.29 is 14.3 Å². The van der Waals surface area contributed by atoms with Gasteiger partial charge in [0.15, 0.2) is 5.78 Å². The first kappa shape index (κ1) is 15.9. The van der Waals surface area contributed by atoms with E-state index in [2.05, 4.69) is 4.98 Å². The van der Waals surface area contributed by atoms with Crippen molar-refractivity contribution in [3.05, 3.63) is 54.2 Å². The Hall–Kier alpha value is -2.49. The number of ketones is 1. The fourth-order valence-electron chi connectivity index (χ4n) is 2.00. The Morgan fingerprint density at radius 1 is 1.09 bits per heavy atom. The van der Waals surface area contributed by atoms with E-state index >= 15 is 0 Å². The maximum atomic E-state index is 12.2. The zero-order valence-corrected chi connectivity index (χ0v) is 13.0. The summed E-state index contributed by atoms with van der Waals surface area (Å²) in [5.41, 5.74) is 1.52. The number of hydrogen-bond acceptors (Lipinski definition) is 4. The number of rotatable bonds is 4. The van der Waals surface area contributed by atoms with Crippen LogP contribution >= 0.6 is 0 Å². The third kappa shape index (κ3) is 4.52. The smallest absolute Gasteiger partial charge is 0.314 e. The Labute approximate surface area is 130 Å². The second-order valence-corrected chi connectivity index (χ2v) is 5.98. The summed E-state index contributed by atoms with van der Waals surface area (Å²) in [6.07, 6.45) is 1.44. The minimum Gasteiger partial charge on any atom is -0.460 e. The average Bonchev–Trinajstić information content (AvgIpc) is 2.46. The van der Waals surface area contributed by atoms with E-state index < -0.39 is 11.6 Å². The third-order valence-corrected chi connectivity index (χ3v) is 2.87. The van der Waals surface area contributed by atoms with E-state index in [1.165, 1.54) is 0 Å². The van der Waals surface area contributed by atoms with Crippen molar-refractivity contribution in [2.45, 2.75) is 32.8 Å². The number of aromatic nitrogens is 1. The largest absolute Gasteiger partial charge is 0.460 e. The average molecular weight is 297 g/mol. The number of Topliss-reactive ketones (excluding diaryl/α,β-unsaturated/α-hetero) is 1. The molecular formula is C18H19NO3. The third-order valence-electron chi connectivity index (χ3n) is 2.87. The molecule has 4 heteroatoms. The van der Waals surface area contributed by atoms with Gasteiger partial charge in [-0.15, -0.1) is 0 Å². The lowest BCUT2D eigenvalue weighted by atomic mass is 10.0. The molecule has 2 rings (SSSR count). The number of carbonyl (C=O) groups is 2. The second kappa shape index (κ2) is 6.52. The molecule has 0 aliphatic rings. The number of carbonyl (C=O) groups excluding carboxylic acids is 2. The summed E-state index contributed by atoms with van der Waals surface area (Å²) < 4.78 is 5.17. The predicted molar refractivity (Wildman–Crippen MR) is 84.5 cm³/mol. The number of pyridine rings is 1. The molecule has 0 saturated carbocycles. The van der Waals surface area contributed by atoms with Crippen LogP contribution in [0.2, 0.25) is 0 Å². The summed E-state index contributed by atoms with van der Waals surface area (Å²) in [6, 6.07) is 12.7. The van der Waals surface area contributed by atoms with Gasteiger partial charge in [-0.3, -0.25) is 14.6 Å². The number of hydrogen-bond donors (Lipinski definition) is 0. The molecule has 0 aliphatic carbocycles. The van der Waals surface area contributed by atoms with E-state index in [-0.39, 0.29) is 12.2 Å². The number of esters is 1. The van der Waals surface area contributed by atoms with Gasteiger partial charge in [0.1, 0.15) is 12.0 Å². The molecule has 0 unspecified atom stereocenters. The van der Waals surface area contributed by atoms with E-state index in [0.29, 0.717) is 5.56 Å². The number of nitrogens with zero attached hydrogens (tertiary/aromatic N) is 1. The Morgan fingerprint density at radius 3 is 2.50 bits per heavy atom. The van der Waals surface area contributed by atoms with Gasteiger partial charge in [-0.2, -0.15) is 0 Å². The molecule has 114 valence electrons. The molecule has 2 aromatic rings. The number of benzene rings is 1. The minimum atomic E-state index is -0.590. The molecule has 0 aliphatic heterocycles. The van der Waals surface area contributed by atoms with Gasteiger partial charge in [-0.1, -0.05) is 24.3 Å². The maximum Gasteiger partial charge on any atom is 0.314 e. The molecule has 0 fully saturated rings. The number of ether oxygens (including phenoxy) is 1. The van der Waals surface area contributed by atoms with Crippen LogP contribution < -0.4 is 0 Å². The van der Waals surface area contributed by atoms with Gasteiger partial charge in [-0.05, 0) is 39.0 Å². The van der Waals surface area contributed by atoms with Crippen LogP contribution in [0.15, 0.2) is 48.7 Å². The molecule has 1 aromatic heterocycles. The summed E-state index contributed by atoms with van der Waals surface area (Å²) in [4.78, 5) is 28.2. The first-order valence-corrected chi connectivity index (χ1v) is 7.12. The van der Waals surface area contributed by atoms with Crippen molar-refractivity contribution in [1.82, 2.24) is 4.98 Å². The fourth-order valence-corrected chi connectivity index (χ4v) is 2.00. The van der Waals surface area contributed by atoms with Gasteiger partial charge in [0.25, 0.3) is 0 Å². The molecule has 4 nitrogen and oxygen atoms in total. The zero-order chi connectivity index (χ0) is 16.2. The molecular weight excluding hydrogens is 278 g/mol. The molecule has 1 heterocycles. The monoisotopic (exact) mass is 297 g/mol. The van der Waals surface area contributed by atoms with Gasteiger partial charge < -0.3 is 4.74 Å². The van der Waals surface area contributed by atoms with Gasteiger partial charge in [0.2, 0.25) is 0 Å². The van der Waals surface area contributed by atoms with Gasteiger partial charge in [0, 0.05) is 17.3 Å². The van der Waals surface area contributed by atoms with Crippen LogP contribution in [-0.4, -0.2) is 22.3 Å². The van der Waals surface area contributed by atoms with Crippen LogP contribution in [0.3, 0.4) is 0 Å². The van der Waals surface area contributed by atoms with Gasteiger partial charge in [0.05, 0.1) is 5.69 Å². The highest BCUT2D eigenvalue weighted by Gasteiger charge is 2.19. The molecule has 0 amide bonds. The highest BCUT2D eigenvalue weighted by molar-refractivity contribution is 6.06. The standard InChI is InChI=1S/C18H19NO3/c1-18(2,3)22-17(21)12-16(20)14-8-6-7-13(11-14)15-9-4-5-10-19-15/h4-11H,12H2,1-3H3. The van der Waals surface area contributed by atoms with Crippen molar-refractivity contribution in [3.63, 3.8) is 0 Å². The van der Waals surface area contributed by atoms with Crippen LogP contribution in [0, 0.1) is 0 Å². The van der Waals surface area contributed by atoms with Crippen molar-refractivity contribution >= 4 is 11.8 Å². The summed E-state index contributed by atoms with van der Waals surface area (Å²) in [6.45, 7) is 5.32. The quantitative estimate of drug-likeness (QED) is 0.491. The van der Waals surface area contributed by atoms with Crippen molar-refractivity contribution in [1.29, 1.82) is 0 Å². The molecule has 0 N–H and O–H groups in total. The van der Waals surface area contributed by atoms with E-state index in [1.807, 2.05) is 24.3 Å². The zero-order valence-electron chi connectivity index (χ0n) is 13.0. The van der Waals surface area contributed by atoms with Crippen LogP contribution in [-0.2, 0) is 9.53 Å². The van der Waals surface area contributed by atoms with Crippen molar-refractivity contribution in [2.75, 3.05) is 0 Å². The predicted octanol–water partition coefficient (Wildman–Crippen LogP) is 3.66. The Morgan fingerprint density at radius 2 is 1.86 bits per heavy atom. The lowest BCUT2D eigenvalue weighted by molar-refractivity contribution is -0.153. The van der Waals surface area contributed by atoms with E-state index in [4.69, 9.17) is 4.74 Å². The Balaban J connectivity index is 2.13. The molecule has 0 saturated heterocycles. The molecule has 0 radical (unpaired) electrons. The van der Waals surface area contributed by atoms with Gasteiger partial charge >= 0.3 is 5.97 Å². The first-order chi connectivity index (χ1) is 10.3. The minimum absolute atomic E-state index is 0.257. The molecule has 0 atom stereocenters. The summed E-state index contributed by atoms with van der Waals surface area (Å²) in [5.74, 6) is -0.771.